The van der Waals surface area contributed by atoms with E-state index in [2.05, 4.69) is 31.1 Å². The van der Waals surface area contributed by atoms with Crippen molar-refractivity contribution in [3.05, 3.63) is 0 Å². The standard InChI is InChI=1S/C14H27NOS/c1-3-11-5-4-6-12(9-11)14(15-2)13-10-17-8-7-16-13/h11-15H,3-10H2,1-2H3. The fraction of sp³-hybridized carbons (Fsp3) is 1.00. The fourth-order valence-corrected chi connectivity index (χ4v) is 4.38. The fourth-order valence-electron chi connectivity index (χ4n) is 3.47. The third-order valence-electron chi connectivity index (χ3n) is 4.48. The van der Waals surface area contributed by atoms with Gasteiger partial charge in [0.2, 0.25) is 0 Å². The minimum atomic E-state index is 0.444. The van der Waals surface area contributed by atoms with Crippen molar-refractivity contribution < 1.29 is 4.74 Å². The van der Waals surface area contributed by atoms with E-state index in [0.29, 0.717) is 12.1 Å². The second-order valence-electron chi connectivity index (χ2n) is 5.50. The quantitative estimate of drug-likeness (QED) is 0.837. The van der Waals surface area contributed by atoms with Crippen LogP contribution >= 0.6 is 11.8 Å². The Bertz CT molecular complexity index is 218. The van der Waals surface area contributed by atoms with Gasteiger partial charge in [0.15, 0.2) is 0 Å². The predicted octanol–water partition coefficient (Wildman–Crippen LogP) is 2.92. The molecule has 2 fully saturated rings. The van der Waals surface area contributed by atoms with Gasteiger partial charge in [0.25, 0.3) is 0 Å². The molecule has 1 heterocycles. The summed E-state index contributed by atoms with van der Waals surface area (Å²) in [6.07, 6.45) is 7.47. The summed E-state index contributed by atoms with van der Waals surface area (Å²) in [5, 5.41) is 3.55. The van der Waals surface area contributed by atoms with Crippen molar-refractivity contribution in [3.63, 3.8) is 0 Å². The maximum absolute atomic E-state index is 5.97. The topological polar surface area (TPSA) is 21.3 Å². The maximum Gasteiger partial charge on any atom is 0.0821 e. The van der Waals surface area contributed by atoms with Gasteiger partial charge < -0.3 is 10.1 Å². The Labute approximate surface area is 110 Å². The second-order valence-corrected chi connectivity index (χ2v) is 6.65. The Kier molecular flexibility index (Phi) is 5.64. The molecule has 1 saturated carbocycles. The van der Waals surface area contributed by atoms with Crippen molar-refractivity contribution in [1.82, 2.24) is 5.32 Å². The van der Waals surface area contributed by atoms with E-state index in [1.165, 1.54) is 43.6 Å². The number of hydrogen-bond donors (Lipinski definition) is 1. The van der Waals surface area contributed by atoms with Gasteiger partial charge >= 0.3 is 0 Å². The normalized spacial score (nSPS) is 36.7. The van der Waals surface area contributed by atoms with Crippen molar-refractivity contribution in [1.29, 1.82) is 0 Å². The smallest absolute Gasteiger partial charge is 0.0821 e. The molecule has 0 spiro atoms. The maximum atomic E-state index is 5.97. The Balaban J connectivity index is 1.91. The van der Waals surface area contributed by atoms with E-state index in [4.69, 9.17) is 4.74 Å². The van der Waals surface area contributed by atoms with E-state index in [1.807, 2.05) is 0 Å². The summed E-state index contributed by atoms with van der Waals surface area (Å²) >= 11 is 2.05. The molecule has 0 bridgehead atoms. The van der Waals surface area contributed by atoms with Gasteiger partial charge in [-0.05, 0) is 31.7 Å². The predicted molar refractivity (Wildman–Crippen MR) is 75.7 cm³/mol. The van der Waals surface area contributed by atoms with Gasteiger partial charge in [-0.1, -0.05) is 26.2 Å². The molecule has 1 N–H and O–H groups in total. The van der Waals surface area contributed by atoms with E-state index >= 15 is 0 Å². The summed E-state index contributed by atoms with van der Waals surface area (Å²) in [6.45, 7) is 3.28. The van der Waals surface area contributed by atoms with E-state index < -0.39 is 0 Å². The van der Waals surface area contributed by atoms with Gasteiger partial charge in [-0.15, -0.1) is 0 Å². The third-order valence-corrected chi connectivity index (χ3v) is 5.50. The highest BCUT2D eigenvalue weighted by Crippen LogP contribution is 2.35. The summed E-state index contributed by atoms with van der Waals surface area (Å²) in [7, 11) is 2.11. The van der Waals surface area contributed by atoms with Crippen LogP contribution in [0.4, 0.5) is 0 Å². The first-order valence-electron chi connectivity index (χ1n) is 7.21. The first-order chi connectivity index (χ1) is 8.35. The first kappa shape index (κ1) is 13.7. The van der Waals surface area contributed by atoms with E-state index in [0.717, 1.165) is 18.4 Å². The van der Waals surface area contributed by atoms with Crippen molar-refractivity contribution in [2.24, 2.45) is 11.8 Å². The summed E-state index contributed by atoms with van der Waals surface area (Å²) < 4.78 is 5.97. The summed E-state index contributed by atoms with van der Waals surface area (Å²) in [5.41, 5.74) is 0. The molecule has 4 atom stereocenters. The lowest BCUT2D eigenvalue weighted by molar-refractivity contribution is 0.0212. The Morgan fingerprint density at radius 2 is 2.29 bits per heavy atom. The Hall–Kier alpha value is 0.270. The van der Waals surface area contributed by atoms with Crippen LogP contribution < -0.4 is 5.32 Å². The molecule has 0 radical (unpaired) electrons. The molecule has 0 aromatic carbocycles. The minimum Gasteiger partial charge on any atom is -0.375 e. The zero-order chi connectivity index (χ0) is 12.1. The third kappa shape index (κ3) is 3.62. The van der Waals surface area contributed by atoms with Crippen LogP contribution in [0.3, 0.4) is 0 Å². The zero-order valence-electron chi connectivity index (χ0n) is 11.3. The number of likely N-dealkylation sites (N-methyl/N-ethyl adjacent to an activating group) is 1. The molecule has 17 heavy (non-hydrogen) atoms. The Morgan fingerprint density at radius 3 is 2.94 bits per heavy atom. The molecule has 4 unspecified atom stereocenters. The summed E-state index contributed by atoms with van der Waals surface area (Å²) in [4.78, 5) is 0. The highest BCUT2D eigenvalue weighted by Gasteiger charge is 2.33. The van der Waals surface area contributed by atoms with Crippen LogP contribution in [0.1, 0.15) is 39.0 Å². The van der Waals surface area contributed by atoms with Crippen LogP contribution in [-0.4, -0.2) is 37.3 Å². The molecule has 0 aromatic heterocycles. The number of rotatable bonds is 4. The molecule has 1 aliphatic carbocycles. The lowest BCUT2D eigenvalue weighted by atomic mass is 9.75. The zero-order valence-corrected chi connectivity index (χ0v) is 12.1. The van der Waals surface area contributed by atoms with Crippen molar-refractivity contribution in [2.45, 2.75) is 51.2 Å². The largest absolute Gasteiger partial charge is 0.375 e. The van der Waals surface area contributed by atoms with E-state index in [-0.39, 0.29) is 0 Å². The lowest BCUT2D eigenvalue weighted by Crippen LogP contribution is -2.49. The van der Waals surface area contributed by atoms with Gasteiger partial charge in [-0.2, -0.15) is 11.8 Å². The van der Waals surface area contributed by atoms with Crippen LogP contribution in [0.15, 0.2) is 0 Å². The summed E-state index contributed by atoms with van der Waals surface area (Å²) in [5.74, 6) is 4.15. The van der Waals surface area contributed by atoms with Crippen LogP contribution in [0.5, 0.6) is 0 Å². The van der Waals surface area contributed by atoms with Gasteiger partial charge in [0.05, 0.1) is 12.7 Å². The second kappa shape index (κ2) is 7.01. The molecule has 2 rings (SSSR count). The monoisotopic (exact) mass is 257 g/mol. The number of ether oxygens (including phenoxy) is 1. The first-order valence-corrected chi connectivity index (χ1v) is 8.37. The van der Waals surface area contributed by atoms with Crippen molar-refractivity contribution >= 4 is 11.8 Å². The molecule has 3 heteroatoms. The number of thioether (sulfide) groups is 1. The van der Waals surface area contributed by atoms with Crippen LogP contribution in [0, 0.1) is 11.8 Å². The molecule has 1 saturated heterocycles. The molecule has 100 valence electrons. The van der Waals surface area contributed by atoms with Gasteiger partial charge in [0.1, 0.15) is 0 Å². The van der Waals surface area contributed by atoms with Crippen LogP contribution in [0.2, 0.25) is 0 Å². The van der Waals surface area contributed by atoms with Crippen LogP contribution in [0.25, 0.3) is 0 Å². The minimum absolute atomic E-state index is 0.444. The van der Waals surface area contributed by atoms with Crippen molar-refractivity contribution in [3.8, 4) is 0 Å². The Morgan fingerprint density at radius 1 is 1.41 bits per heavy atom. The number of nitrogens with one attached hydrogen (secondary N) is 1. The average Bonchev–Trinajstić information content (AvgIpc) is 2.41. The summed E-state index contributed by atoms with van der Waals surface area (Å²) in [6, 6.07) is 0.581. The molecule has 1 aliphatic heterocycles. The highest BCUT2D eigenvalue weighted by molar-refractivity contribution is 7.99. The molecule has 2 nitrogen and oxygen atoms in total. The van der Waals surface area contributed by atoms with Gasteiger partial charge in [-0.25, -0.2) is 0 Å². The molecule has 2 aliphatic rings. The average molecular weight is 257 g/mol. The van der Waals surface area contributed by atoms with Crippen LogP contribution in [-0.2, 0) is 4.74 Å². The molecule has 0 aromatic rings. The molecular weight excluding hydrogens is 230 g/mol. The number of hydrogen-bond acceptors (Lipinski definition) is 3. The molecule has 0 amide bonds. The van der Waals surface area contributed by atoms with E-state index in [1.54, 1.807) is 0 Å². The molecular formula is C14H27NOS. The van der Waals surface area contributed by atoms with Gasteiger partial charge in [0, 0.05) is 17.5 Å². The lowest BCUT2D eigenvalue weighted by Gasteiger charge is -2.39. The highest BCUT2D eigenvalue weighted by atomic mass is 32.2. The SMILES string of the molecule is CCC1CCCC(C(NC)C2CSCCO2)C1. The van der Waals surface area contributed by atoms with Crippen molar-refractivity contribution in [2.75, 3.05) is 25.2 Å². The van der Waals surface area contributed by atoms with Gasteiger partial charge in [-0.3, -0.25) is 0 Å². The van der Waals surface area contributed by atoms with E-state index in [9.17, 15) is 0 Å².